The maximum absolute atomic E-state index is 11.7. The van der Waals surface area contributed by atoms with Crippen molar-refractivity contribution in [2.45, 2.75) is 40.0 Å². The summed E-state index contributed by atoms with van der Waals surface area (Å²) in [6.07, 6.45) is 3.72. The predicted molar refractivity (Wildman–Crippen MR) is 54.4 cm³/mol. The molecule has 0 saturated heterocycles. The Morgan fingerprint density at radius 2 is 2.08 bits per heavy atom. The molecule has 1 rings (SSSR count). The molecule has 0 aromatic carbocycles. The van der Waals surface area contributed by atoms with Crippen LogP contribution in [0.15, 0.2) is 0 Å². The molecule has 76 valence electrons. The highest BCUT2D eigenvalue weighted by molar-refractivity contribution is 5.78. The summed E-state index contributed by atoms with van der Waals surface area (Å²) in [5, 5.41) is 0. The van der Waals surface area contributed by atoms with E-state index < -0.39 is 0 Å². The van der Waals surface area contributed by atoms with Crippen molar-refractivity contribution in [3.8, 4) is 0 Å². The zero-order valence-electron chi connectivity index (χ0n) is 9.05. The van der Waals surface area contributed by atoms with E-state index in [0.717, 1.165) is 25.4 Å². The molecular weight excluding hydrogens is 162 g/mol. The fraction of sp³-hybridized carbons (Fsp3) is 0.909. The summed E-state index contributed by atoms with van der Waals surface area (Å²) in [6.45, 7) is 8.04. The molecular formula is C11H21NO. The number of rotatable bonds is 5. The molecule has 0 N–H and O–H groups in total. The third-order valence-electron chi connectivity index (χ3n) is 2.47. The smallest absolute Gasteiger partial charge is 0.225 e. The maximum atomic E-state index is 11.7. The topological polar surface area (TPSA) is 20.3 Å². The van der Waals surface area contributed by atoms with Crippen LogP contribution in [-0.4, -0.2) is 23.9 Å². The van der Waals surface area contributed by atoms with Crippen LogP contribution in [0.3, 0.4) is 0 Å². The summed E-state index contributed by atoms with van der Waals surface area (Å²) in [7, 11) is 0. The van der Waals surface area contributed by atoms with Gasteiger partial charge in [0.25, 0.3) is 0 Å². The Balaban J connectivity index is 2.39. The van der Waals surface area contributed by atoms with E-state index in [9.17, 15) is 4.79 Å². The molecule has 0 unspecified atom stereocenters. The summed E-state index contributed by atoms with van der Waals surface area (Å²) in [6, 6.07) is 0. The van der Waals surface area contributed by atoms with Crippen molar-refractivity contribution in [3.05, 3.63) is 0 Å². The number of amides is 1. The normalized spacial score (nSPS) is 16.3. The largest absolute Gasteiger partial charge is 0.342 e. The molecule has 0 heterocycles. The van der Waals surface area contributed by atoms with Crippen LogP contribution in [0.25, 0.3) is 0 Å². The van der Waals surface area contributed by atoms with Gasteiger partial charge in [0.05, 0.1) is 0 Å². The number of carbonyl (C=O) groups is 1. The molecule has 2 nitrogen and oxygen atoms in total. The Kier molecular flexibility index (Phi) is 3.76. The molecule has 13 heavy (non-hydrogen) atoms. The van der Waals surface area contributed by atoms with Crippen LogP contribution < -0.4 is 0 Å². The zero-order valence-corrected chi connectivity index (χ0v) is 9.05. The van der Waals surface area contributed by atoms with Gasteiger partial charge in [-0.3, -0.25) is 4.79 Å². The lowest BCUT2D eigenvalue weighted by molar-refractivity contribution is -0.134. The summed E-state index contributed by atoms with van der Waals surface area (Å²) < 4.78 is 0. The van der Waals surface area contributed by atoms with E-state index in [4.69, 9.17) is 0 Å². The van der Waals surface area contributed by atoms with Crippen LogP contribution in [0, 0.1) is 11.8 Å². The molecule has 0 atom stereocenters. The Morgan fingerprint density at radius 1 is 1.46 bits per heavy atom. The number of carbonyl (C=O) groups excluding carboxylic acids is 1. The van der Waals surface area contributed by atoms with Crippen molar-refractivity contribution in [1.29, 1.82) is 0 Å². The Bertz CT molecular complexity index is 173. The standard InChI is InChI=1S/C11H21NO/c1-4-7-12(8-10-5-6-10)11(13)9(2)3/h9-10H,4-8H2,1-3H3. The molecule has 0 aromatic heterocycles. The van der Waals surface area contributed by atoms with E-state index >= 15 is 0 Å². The minimum atomic E-state index is 0.158. The van der Waals surface area contributed by atoms with Crippen LogP contribution >= 0.6 is 0 Å². The molecule has 0 aliphatic heterocycles. The van der Waals surface area contributed by atoms with Gasteiger partial charge in [0.1, 0.15) is 0 Å². The van der Waals surface area contributed by atoms with Crippen molar-refractivity contribution in [2.75, 3.05) is 13.1 Å². The van der Waals surface area contributed by atoms with Crippen LogP contribution in [0.1, 0.15) is 40.0 Å². The van der Waals surface area contributed by atoms with E-state index in [-0.39, 0.29) is 5.92 Å². The number of hydrogen-bond donors (Lipinski definition) is 0. The lowest BCUT2D eigenvalue weighted by Crippen LogP contribution is -2.36. The fourth-order valence-corrected chi connectivity index (χ4v) is 1.54. The molecule has 1 aliphatic rings. The van der Waals surface area contributed by atoms with Crippen molar-refractivity contribution in [2.24, 2.45) is 11.8 Å². The van der Waals surface area contributed by atoms with Gasteiger partial charge >= 0.3 is 0 Å². The van der Waals surface area contributed by atoms with Gasteiger partial charge in [0, 0.05) is 19.0 Å². The quantitative estimate of drug-likeness (QED) is 0.640. The monoisotopic (exact) mass is 183 g/mol. The lowest BCUT2D eigenvalue weighted by Gasteiger charge is -2.23. The van der Waals surface area contributed by atoms with Crippen molar-refractivity contribution >= 4 is 5.91 Å². The van der Waals surface area contributed by atoms with E-state index in [1.165, 1.54) is 12.8 Å². The molecule has 1 amide bonds. The number of hydrogen-bond acceptors (Lipinski definition) is 1. The van der Waals surface area contributed by atoms with E-state index in [0.29, 0.717) is 5.91 Å². The minimum absolute atomic E-state index is 0.158. The Labute approximate surface area is 81.3 Å². The number of nitrogens with zero attached hydrogens (tertiary/aromatic N) is 1. The van der Waals surface area contributed by atoms with Crippen molar-refractivity contribution in [1.82, 2.24) is 4.90 Å². The zero-order chi connectivity index (χ0) is 9.84. The molecule has 0 spiro atoms. The first-order valence-electron chi connectivity index (χ1n) is 5.44. The van der Waals surface area contributed by atoms with E-state index in [2.05, 4.69) is 6.92 Å². The first-order chi connectivity index (χ1) is 6.15. The summed E-state index contributed by atoms with van der Waals surface area (Å²) >= 11 is 0. The third kappa shape index (κ3) is 3.37. The van der Waals surface area contributed by atoms with Gasteiger partial charge in [-0.15, -0.1) is 0 Å². The average Bonchev–Trinajstić information content (AvgIpc) is 2.86. The maximum Gasteiger partial charge on any atom is 0.225 e. The second kappa shape index (κ2) is 4.64. The molecule has 1 saturated carbocycles. The molecule has 0 radical (unpaired) electrons. The van der Waals surface area contributed by atoms with Crippen LogP contribution in [0.2, 0.25) is 0 Å². The second-order valence-corrected chi connectivity index (χ2v) is 4.38. The van der Waals surface area contributed by atoms with Gasteiger partial charge < -0.3 is 4.90 Å². The molecule has 0 aromatic rings. The van der Waals surface area contributed by atoms with Crippen LogP contribution in [-0.2, 0) is 4.79 Å². The lowest BCUT2D eigenvalue weighted by atomic mass is 10.1. The highest BCUT2D eigenvalue weighted by Gasteiger charge is 2.26. The fourth-order valence-electron chi connectivity index (χ4n) is 1.54. The Morgan fingerprint density at radius 3 is 2.46 bits per heavy atom. The van der Waals surface area contributed by atoms with Gasteiger partial charge in [-0.05, 0) is 25.2 Å². The molecule has 1 aliphatic carbocycles. The van der Waals surface area contributed by atoms with Crippen molar-refractivity contribution < 1.29 is 4.79 Å². The SMILES string of the molecule is CCCN(CC1CC1)C(=O)C(C)C. The Hall–Kier alpha value is -0.530. The first-order valence-corrected chi connectivity index (χ1v) is 5.44. The van der Waals surface area contributed by atoms with Gasteiger partial charge in [-0.25, -0.2) is 0 Å². The average molecular weight is 183 g/mol. The van der Waals surface area contributed by atoms with E-state index in [1.807, 2.05) is 18.7 Å². The van der Waals surface area contributed by atoms with Gasteiger partial charge in [0.15, 0.2) is 0 Å². The van der Waals surface area contributed by atoms with E-state index in [1.54, 1.807) is 0 Å². The van der Waals surface area contributed by atoms with Crippen LogP contribution in [0.5, 0.6) is 0 Å². The molecule has 2 heteroatoms. The minimum Gasteiger partial charge on any atom is -0.342 e. The predicted octanol–water partition coefficient (Wildman–Crippen LogP) is 2.29. The summed E-state index contributed by atoms with van der Waals surface area (Å²) in [5.74, 6) is 1.30. The first kappa shape index (κ1) is 10.6. The molecule has 1 fully saturated rings. The highest BCUT2D eigenvalue weighted by atomic mass is 16.2. The second-order valence-electron chi connectivity index (χ2n) is 4.38. The third-order valence-corrected chi connectivity index (χ3v) is 2.47. The summed E-state index contributed by atoms with van der Waals surface area (Å²) in [5.41, 5.74) is 0. The van der Waals surface area contributed by atoms with Crippen LogP contribution in [0.4, 0.5) is 0 Å². The molecule has 0 bridgehead atoms. The van der Waals surface area contributed by atoms with Gasteiger partial charge in [0.2, 0.25) is 5.91 Å². The van der Waals surface area contributed by atoms with Gasteiger partial charge in [-0.1, -0.05) is 20.8 Å². The van der Waals surface area contributed by atoms with Gasteiger partial charge in [-0.2, -0.15) is 0 Å². The van der Waals surface area contributed by atoms with Crippen molar-refractivity contribution in [3.63, 3.8) is 0 Å². The summed E-state index contributed by atoms with van der Waals surface area (Å²) in [4.78, 5) is 13.8. The highest BCUT2D eigenvalue weighted by Crippen LogP contribution is 2.30.